The molecule has 1 aromatic carbocycles. The van der Waals surface area contributed by atoms with Crippen molar-refractivity contribution in [3.05, 3.63) is 65.0 Å². The van der Waals surface area contributed by atoms with Crippen molar-refractivity contribution in [3.63, 3.8) is 0 Å². The number of carbonyl (C=O) groups excluding carboxylic acids is 1. The van der Waals surface area contributed by atoms with Crippen molar-refractivity contribution in [1.29, 1.82) is 0 Å². The van der Waals surface area contributed by atoms with Crippen LogP contribution >= 0.6 is 0 Å². The zero-order valence-corrected chi connectivity index (χ0v) is 12.4. The summed E-state index contributed by atoms with van der Waals surface area (Å²) in [5, 5.41) is 4.14. The first-order chi connectivity index (χ1) is 10.5. The standard InChI is InChI=1S/C16H16N4O2/c1-16(2,12-6-4-3-5-7-12)13(21)11-20-15(22)19-9-8-17-10-14(19)18-20/h3-10H,11H2,1-2H3. The highest BCUT2D eigenvalue weighted by Crippen LogP contribution is 2.24. The first-order valence-electron chi connectivity index (χ1n) is 6.98. The normalized spacial score (nSPS) is 11.7. The van der Waals surface area contributed by atoms with Crippen LogP contribution in [-0.2, 0) is 16.8 Å². The largest absolute Gasteiger partial charge is 0.350 e. The van der Waals surface area contributed by atoms with Crippen molar-refractivity contribution in [3.8, 4) is 0 Å². The number of nitrogens with zero attached hydrogens (tertiary/aromatic N) is 4. The average molecular weight is 296 g/mol. The summed E-state index contributed by atoms with van der Waals surface area (Å²) in [5.74, 6) is -0.0721. The fourth-order valence-electron chi connectivity index (χ4n) is 2.33. The van der Waals surface area contributed by atoms with Crippen molar-refractivity contribution < 1.29 is 4.79 Å². The molecule has 0 aliphatic rings. The average Bonchev–Trinajstić information content (AvgIpc) is 2.85. The summed E-state index contributed by atoms with van der Waals surface area (Å²) in [4.78, 5) is 28.8. The molecule has 0 atom stereocenters. The Morgan fingerprint density at radius 1 is 1.23 bits per heavy atom. The van der Waals surface area contributed by atoms with Crippen LogP contribution in [0.5, 0.6) is 0 Å². The smallest absolute Gasteiger partial charge is 0.297 e. The molecule has 0 fully saturated rings. The second kappa shape index (κ2) is 5.22. The molecule has 0 amide bonds. The van der Waals surface area contributed by atoms with Gasteiger partial charge in [0.15, 0.2) is 11.4 Å². The van der Waals surface area contributed by atoms with Crippen LogP contribution in [-0.4, -0.2) is 24.9 Å². The predicted molar refractivity (Wildman–Crippen MR) is 81.7 cm³/mol. The summed E-state index contributed by atoms with van der Waals surface area (Å²) in [6, 6.07) is 9.52. The minimum Gasteiger partial charge on any atom is -0.297 e. The minimum absolute atomic E-state index is 0.0671. The molecule has 0 bridgehead atoms. The van der Waals surface area contributed by atoms with Crippen molar-refractivity contribution >= 4 is 11.4 Å². The third-order valence-corrected chi connectivity index (χ3v) is 3.87. The second-order valence-electron chi connectivity index (χ2n) is 5.66. The highest BCUT2D eigenvalue weighted by atomic mass is 16.2. The summed E-state index contributed by atoms with van der Waals surface area (Å²) < 4.78 is 2.56. The van der Waals surface area contributed by atoms with Gasteiger partial charge in [-0.2, -0.15) is 0 Å². The molecule has 0 aliphatic heterocycles. The number of Topliss-reactive ketones (excluding diaryl/α,β-unsaturated/α-hetero) is 1. The van der Waals surface area contributed by atoms with Gasteiger partial charge in [0.05, 0.1) is 11.6 Å². The van der Waals surface area contributed by atoms with Crippen LogP contribution in [0, 0.1) is 0 Å². The van der Waals surface area contributed by atoms with Gasteiger partial charge in [0, 0.05) is 12.4 Å². The van der Waals surface area contributed by atoms with Crippen LogP contribution in [0.4, 0.5) is 0 Å². The third-order valence-electron chi connectivity index (χ3n) is 3.87. The number of carbonyl (C=O) groups is 1. The zero-order valence-electron chi connectivity index (χ0n) is 12.4. The van der Waals surface area contributed by atoms with Gasteiger partial charge in [-0.1, -0.05) is 30.3 Å². The molecule has 0 spiro atoms. The van der Waals surface area contributed by atoms with E-state index in [9.17, 15) is 9.59 Å². The lowest BCUT2D eigenvalue weighted by atomic mass is 9.80. The molecular weight excluding hydrogens is 280 g/mol. The summed E-state index contributed by atoms with van der Waals surface area (Å²) in [6.45, 7) is 3.64. The first-order valence-corrected chi connectivity index (χ1v) is 6.98. The molecule has 112 valence electrons. The van der Waals surface area contributed by atoms with E-state index in [-0.39, 0.29) is 18.0 Å². The number of fused-ring (bicyclic) bond motifs is 1. The van der Waals surface area contributed by atoms with Crippen molar-refractivity contribution in [1.82, 2.24) is 19.2 Å². The molecule has 6 heteroatoms. The number of rotatable bonds is 4. The lowest BCUT2D eigenvalue weighted by molar-refractivity contribution is -0.124. The van der Waals surface area contributed by atoms with Crippen molar-refractivity contribution in [2.75, 3.05) is 0 Å². The van der Waals surface area contributed by atoms with Crippen LogP contribution in [0.2, 0.25) is 0 Å². The predicted octanol–water partition coefficient (Wildman–Crippen LogP) is 1.44. The molecule has 6 nitrogen and oxygen atoms in total. The minimum atomic E-state index is -0.686. The van der Waals surface area contributed by atoms with Gasteiger partial charge in [-0.15, -0.1) is 5.10 Å². The molecule has 0 unspecified atom stereocenters. The topological polar surface area (TPSA) is 69.3 Å². The van der Waals surface area contributed by atoms with Crippen LogP contribution in [0.1, 0.15) is 19.4 Å². The van der Waals surface area contributed by atoms with Crippen LogP contribution < -0.4 is 5.69 Å². The number of ketones is 1. The van der Waals surface area contributed by atoms with Gasteiger partial charge in [0.25, 0.3) is 0 Å². The van der Waals surface area contributed by atoms with Gasteiger partial charge in [0.2, 0.25) is 0 Å². The monoisotopic (exact) mass is 296 g/mol. The number of benzene rings is 1. The maximum absolute atomic E-state index is 12.6. The van der Waals surface area contributed by atoms with E-state index < -0.39 is 5.41 Å². The Morgan fingerprint density at radius 2 is 1.95 bits per heavy atom. The Balaban J connectivity index is 1.93. The molecule has 0 radical (unpaired) electrons. The number of aromatic nitrogens is 4. The highest BCUT2D eigenvalue weighted by Gasteiger charge is 2.30. The lowest BCUT2D eigenvalue weighted by Gasteiger charge is -2.23. The number of hydrogen-bond donors (Lipinski definition) is 0. The maximum atomic E-state index is 12.6. The molecule has 0 N–H and O–H groups in total. The van der Waals surface area contributed by atoms with Gasteiger partial charge in [0.1, 0.15) is 6.54 Å². The van der Waals surface area contributed by atoms with Crippen molar-refractivity contribution in [2.24, 2.45) is 0 Å². The van der Waals surface area contributed by atoms with E-state index in [0.717, 1.165) is 5.56 Å². The SMILES string of the molecule is CC(C)(C(=O)Cn1nc2cnccn2c1=O)c1ccccc1. The lowest BCUT2D eigenvalue weighted by Crippen LogP contribution is -2.35. The third kappa shape index (κ3) is 2.32. The Hall–Kier alpha value is -2.76. The van der Waals surface area contributed by atoms with Gasteiger partial charge < -0.3 is 0 Å². The van der Waals surface area contributed by atoms with Gasteiger partial charge in [-0.3, -0.25) is 9.78 Å². The van der Waals surface area contributed by atoms with Gasteiger partial charge >= 0.3 is 5.69 Å². The quantitative estimate of drug-likeness (QED) is 0.730. The van der Waals surface area contributed by atoms with Gasteiger partial charge in [-0.05, 0) is 19.4 Å². The first kappa shape index (κ1) is 14.2. The van der Waals surface area contributed by atoms with E-state index in [1.807, 2.05) is 44.2 Å². The molecule has 2 aromatic heterocycles. The van der Waals surface area contributed by atoms with E-state index in [1.54, 1.807) is 0 Å². The van der Waals surface area contributed by atoms with Gasteiger partial charge in [-0.25, -0.2) is 13.9 Å². The Labute approximate surface area is 127 Å². The molecule has 22 heavy (non-hydrogen) atoms. The molecule has 2 heterocycles. The summed E-state index contributed by atoms with van der Waals surface area (Å²) in [6.07, 6.45) is 4.54. The highest BCUT2D eigenvalue weighted by molar-refractivity contribution is 5.89. The fraction of sp³-hybridized carbons (Fsp3) is 0.250. The van der Waals surface area contributed by atoms with E-state index in [0.29, 0.717) is 5.65 Å². The summed E-state index contributed by atoms with van der Waals surface area (Å²) >= 11 is 0. The fourth-order valence-corrected chi connectivity index (χ4v) is 2.33. The molecule has 0 aliphatic carbocycles. The second-order valence-corrected chi connectivity index (χ2v) is 5.66. The maximum Gasteiger partial charge on any atom is 0.350 e. The van der Waals surface area contributed by atoms with E-state index in [2.05, 4.69) is 10.1 Å². The Bertz CT molecular complexity index is 878. The zero-order chi connectivity index (χ0) is 15.7. The van der Waals surface area contributed by atoms with Crippen molar-refractivity contribution in [2.45, 2.75) is 25.8 Å². The van der Waals surface area contributed by atoms with E-state index in [4.69, 9.17) is 0 Å². The number of hydrogen-bond acceptors (Lipinski definition) is 4. The van der Waals surface area contributed by atoms with E-state index >= 15 is 0 Å². The Kier molecular flexibility index (Phi) is 3.36. The summed E-state index contributed by atoms with van der Waals surface area (Å²) in [5.41, 5.74) is 0.320. The summed E-state index contributed by atoms with van der Waals surface area (Å²) in [7, 11) is 0. The molecule has 0 saturated heterocycles. The molecule has 0 saturated carbocycles. The van der Waals surface area contributed by atoms with Crippen LogP contribution in [0.3, 0.4) is 0 Å². The Morgan fingerprint density at radius 3 is 2.64 bits per heavy atom. The van der Waals surface area contributed by atoms with E-state index in [1.165, 1.54) is 27.7 Å². The van der Waals surface area contributed by atoms with Crippen LogP contribution in [0.15, 0.2) is 53.7 Å². The van der Waals surface area contributed by atoms with Crippen LogP contribution in [0.25, 0.3) is 5.65 Å². The molecule has 3 aromatic rings. The molecule has 3 rings (SSSR count). The molecular formula is C16H16N4O2.